The Morgan fingerprint density at radius 3 is 2.58 bits per heavy atom. The number of nitrogens with one attached hydrogen (secondary N) is 1. The zero-order valence-corrected chi connectivity index (χ0v) is 12.0. The van der Waals surface area contributed by atoms with Crippen molar-refractivity contribution in [2.75, 3.05) is 26.8 Å². The van der Waals surface area contributed by atoms with Gasteiger partial charge < -0.3 is 20.7 Å². The average Bonchev–Trinajstić information content (AvgIpc) is 2.80. The molecule has 0 aromatic rings. The third-order valence-electron chi connectivity index (χ3n) is 4.69. The van der Waals surface area contributed by atoms with Crippen LogP contribution in [0.4, 0.5) is 4.79 Å². The van der Waals surface area contributed by atoms with Crippen LogP contribution in [-0.2, 0) is 4.74 Å². The second kappa shape index (κ2) is 6.57. The van der Waals surface area contributed by atoms with Gasteiger partial charge in [-0.05, 0) is 19.3 Å². The Morgan fingerprint density at radius 1 is 1.37 bits per heavy atom. The monoisotopic (exact) mass is 269 g/mol. The van der Waals surface area contributed by atoms with Crippen LogP contribution in [0.15, 0.2) is 0 Å². The Hall–Kier alpha value is -0.810. The Labute approximate surface area is 115 Å². The summed E-state index contributed by atoms with van der Waals surface area (Å²) in [6, 6.07) is 0.165. The molecule has 0 aromatic carbocycles. The lowest BCUT2D eigenvalue weighted by atomic mass is 9.89. The van der Waals surface area contributed by atoms with Gasteiger partial charge in [0, 0.05) is 20.2 Å². The molecule has 1 saturated carbocycles. The standard InChI is InChI=1S/C14H27N3O2/c1-17(13(18)16-12-6-9-19-10-12)14(11-15)7-4-2-3-5-8-14/h12H,2-11,15H2,1H3,(H,16,18). The molecule has 3 N–H and O–H groups in total. The second-order valence-corrected chi connectivity index (χ2v) is 5.91. The highest BCUT2D eigenvalue weighted by molar-refractivity contribution is 5.75. The third-order valence-corrected chi connectivity index (χ3v) is 4.69. The number of hydrogen-bond acceptors (Lipinski definition) is 3. The lowest BCUT2D eigenvalue weighted by Crippen LogP contribution is -2.58. The van der Waals surface area contributed by atoms with Gasteiger partial charge in [0.1, 0.15) is 0 Å². The summed E-state index contributed by atoms with van der Waals surface area (Å²) in [6.07, 6.45) is 7.81. The zero-order valence-electron chi connectivity index (χ0n) is 12.0. The summed E-state index contributed by atoms with van der Waals surface area (Å²) in [5.74, 6) is 0. The molecule has 1 unspecified atom stereocenters. The smallest absolute Gasteiger partial charge is 0.317 e. The van der Waals surface area contributed by atoms with Crippen LogP contribution in [0.1, 0.15) is 44.9 Å². The number of rotatable bonds is 3. The van der Waals surface area contributed by atoms with E-state index < -0.39 is 0 Å². The summed E-state index contributed by atoms with van der Waals surface area (Å²) in [7, 11) is 1.89. The summed E-state index contributed by atoms with van der Waals surface area (Å²) in [4.78, 5) is 14.2. The lowest BCUT2D eigenvalue weighted by Gasteiger charge is -2.41. The van der Waals surface area contributed by atoms with E-state index in [9.17, 15) is 4.79 Å². The summed E-state index contributed by atoms with van der Waals surface area (Å²) in [5, 5.41) is 3.06. The predicted molar refractivity (Wildman–Crippen MR) is 75.0 cm³/mol. The third kappa shape index (κ3) is 3.39. The van der Waals surface area contributed by atoms with Gasteiger partial charge >= 0.3 is 6.03 Å². The first-order chi connectivity index (χ1) is 9.18. The highest BCUT2D eigenvalue weighted by Gasteiger charge is 2.37. The molecule has 19 heavy (non-hydrogen) atoms. The van der Waals surface area contributed by atoms with Gasteiger partial charge in [-0.2, -0.15) is 0 Å². The molecule has 2 amide bonds. The first-order valence-electron chi connectivity index (χ1n) is 7.50. The van der Waals surface area contributed by atoms with Crippen molar-refractivity contribution in [2.24, 2.45) is 5.73 Å². The van der Waals surface area contributed by atoms with Crippen LogP contribution >= 0.6 is 0 Å². The normalized spacial score (nSPS) is 26.7. The van der Waals surface area contributed by atoms with Crippen molar-refractivity contribution in [3.63, 3.8) is 0 Å². The second-order valence-electron chi connectivity index (χ2n) is 5.91. The summed E-state index contributed by atoms with van der Waals surface area (Å²) < 4.78 is 5.30. The molecular weight excluding hydrogens is 242 g/mol. The van der Waals surface area contributed by atoms with Crippen molar-refractivity contribution in [2.45, 2.75) is 56.5 Å². The molecule has 2 aliphatic rings. The molecule has 110 valence electrons. The van der Waals surface area contributed by atoms with E-state index in [4.69, 9.17) is 10.5 Å². The van der Waals surface area contributed by atoms with Crippen molar-refractivity contribution in [3.05, 3.63) is 0 Å². The van der Waals surface area contributed by atoms with E-state index >= 15 is 0 Å². The van der Waals surface area contributed by atoms with E-state index in [0.717, 1.165) is 25.9 Å². The Kier molecular flexibility index (Phi) is 5.05. The van der Waals surface area contributed by atoms with Gasteiger partial charge in [0.15, 0.2) is 0 Å². The van der Waals surface area contributed by atoms with Crippen LogP contribution in [0.25, 0.3) is 0 Å². The van der Waals surface area contributed by atoms with Gasteiger partial charge in [0.25, 0.3) is 0 Å². The number of nitrogens with two attached hydrogens (primary N) is 1. The van der Waals surface area contributed by atoms with Gasteiger partial charge in [-0.3, -0.25) is 0 Å². The molecule has 1 atom stereocenters. The SMILES string of the molecule is CN(C(=O)NC1CCOC1)C1(CN)CCCCCC1. The molecule has 0 radical (unpaired) electrons. The van der Waals surface area contributed by atoms with Crippen molar-refractivity contribution < 1.29 is 9.53 Å². The van der Waals surface area contributed by atoms with Crippen LogP contribution in [0.5, 0.6) is 0 Å². The summed E-state index contributed by atoms with van der Waals surface area (Å²) in [5.41, 5.74) is 5.86. The van der Waals surface area contributed by atoms with E-state index in [-0.39, 0.29) is 17.6 Å². The molecule has 0 bridgehead atoms. The predicted octanol–water partition coefficient (Wildman–Crippen LogP) is 1.47. The summed E-state index contributed by atoms with van der Waals surface area (Å²) >= 11 is 0. The molecule has 1 aliphatic heterocycles. The minimum atomic E-state index is -0.153. The Morgan fingerprint density at radius 2 is 2.05 bits per heavy atom. The Bertz CT molecular complexity index is 295. The van der Waals surface area contributed by atoms with Crippen molar-refractivity contribution in [1.82, 2.24) is 10.2 Å². The van der Waals surface area contributed by atoms with Gasteiger partial charge in [-0.1, -0.05) is 25.7 Å². The quantitative estimate of drug-likeness (QED) is 0.762. The fourth-order valence-corrected chi connectivity index (χ4v) is 3.20. The number of amides is 2. The maximum absolute atomic E-state index is 12.4. The van der Waals surface area contributed by atoms with E-state index in [1.54, 1.807) is 0 Å². The van der Waals surface area contributed by atoms with E-state index in [2.05, 4.69) is 5.32 Å². The highest BCUT2D eigenvalue weighted by atomic mass is 16.5. The maximum Gasteiger partial charge on any atom is 0.317 e. The minimum absolute atomic E-state index is 0.00264. The number of urea groups is 1. The molecular formula is C14H27N3O2. The fraction of sp³-hybridized carbons (Fsp3) is 0.929. The molecule has 5 heteroatoms. The van der Waals surface area contributed by atoms with Crippen LogP contribution in [0, 0.1) is 0 Å². The zero-order chi connectivity index (χ0) is 13.7. The number of ether oxygens (including phenoxy) is 1. The highest BCUT2D eigenvalue weighted by Crippen LogP contribution is 2.31. The van der Waals surface area contributed by atoms with E-state index in [1.807, 2.05) is 11.9 Å². The van der Waals surface area contributed by atoms with Crippen LogP contribution in [0.3, 0.4) is 0 Å². The first kappa shape index (κ1) is 14.6. The molecule has 5 nitrogen and oxygen atoms in total. The first-order valence-corrected chi connectivity index (χ1v) is 7.50. The maximum atomic E-state index is 12.4. The van der Waals surface area contributed by atoms with Crippen molar-refractivity contribution in [1.29, 1.82) is 0 Å². The van der Waals surface area contributed by atoms with Gasteiger partial charge in [0.05, 0.1) is 18.2 Å². The minimum Gasteiger partial charge on any atom is -0.379 e. The lowest BCUT2D eigenvalue weighted by molar-refractivity contribution is 0.120. The molecule has 0 spiro atoms. The van der Waals surface area contributed by atoms with E-state index in [0.29, 0.717) is 13.2 Å². The van der Waals surface area contributed by atoms with Crippen LogP contribution in [0.2, 0.25) is 0 Å². The van der Waals surface area contributed by atoms with Crippen LogP contribution < -0.4 is 11.1 Å². The van der Waals surface area contributed by atoms with Gasteiger partial charge in [0.2, 0.25) is 0 Å². The van der Waals surface area contributed by atoms with Gasteiger partial charge in [-0.25, -0.2) is 4.79 Å². The summed E-state index contributed by atoms with van der Waals surface area (Å²) in [6.45, 7) is 1.93. The number of nitrogens with zero attached hydrogens (tertiary/aromatic N) is 1. The molecule has 1 heterocycles. The fourth-order valence-electron chi connectivity index (χ4n) is 3.20. The topological polar surface area (TPSA) is 67.6 Å². The molecule has 2 fully saturated rings. The van der Waals surface area contributed by atoms with Crippen molar-refractivity contribution >= 4 is 6.03 Å². The number of hydrogen-bond donors (Lipinski definition) is 2. The number of carbonyl (C=O) groups excluding carboxylic acids is 1. The molecule has 1 aliphatic carbocycles. The largest absolute Gasteiger partial charge is 0.379 e. The molecule has 0 aromatic heterocycles. The van der Waals surface area contributed by atoms with Crippen molar-refractivity contribution in [3.8, 4) is 0 Å². The van der Waals surface area contributed by atoms with Gasteiger partial charge in [-0.15, -0.1) is 0 Å². The number of carbonyl (C=O) groups is 1. The van der Waals surface area contributed by atoms with Crippen LogP contribution in [-0.4, -0.2) is 49.3 Å². The average molecular weight is 269 g/mol. The molecule has 1 saturated heterocycles. The van der Waals surface area contributed by atoms with E-state index in [1.165, 1.54) is 25.7 Å². The molecule has 2 rings (SSSR count). The Balaban J connectivity index is 1.97. The number of likely N-dealkylation sites (N-methyl/N-ethyl adjacent to an activating group) is 1.